The minimum absolute atomic E-state index is 0. The zero-order valence-corrected chi connectivity index (χ0v) is 50.5. The second kappa shape index (κ2) is 36.3. The van der Waals surface area contributed by atoms with Crippen molar-refractivity contribution in [1.29, 1.82) is 0 Å². The van der Waals surface area contributed by atoms with Gasteiger partial charge in [0.15, 0.2) is 36.7 Å². The molecule has 6 N–H and O–H groups in total. The number of fused-ring (bicyclic) bond motifs is 1. The Morgan fingerprint density at radius 2 is 0.625 bits per heavy atom. The number of carbonyl (C=O) groups is 9. The molecule has 32 heteroatoms. The third-order valence-corrected chi connectivity index (χ3v) is 10.8. The van der Waals surface area contributed by atoms with E-state index in [0.717, 1.165) is 7.11 Å². The van der Waals surface area contributed by atoms with Crippen LogP contribution in [-0.2, 0) is 129 Å². The van der Waals surface area contributed by atoms with Crippen molar-refractivity contribution in [2.24, 2.45) is 0 Å². The van der Waals surface area contributed by atoms with Crippen LogP contribution in [0.5, 0.6) is 0 Å². The second-order valence-corrected chi connectivity index (χ2v) is 18.1. The van der Waals surface area contributed by atoms with Crippen LogP contribution in [0.1, 0.15) is 111 Å². The van der Waals surface area contributed by atoms with Crippen LogP contribution in [0, 0.1) is 0 Å². The normalized spacial score (nSPS) is 34.4. The fourth-order valence-corrected chi connectivity index (χ4v) is 7.92. The topological polar surface area (TPSA) is 427 Å². The molecule has 0 spiro atoms. The van der Waals surface area contributed by atoms with Crippen molar-refractivity contribution in [3.8, 4) is 0 Å². The summed E-state index contributed by atoms with van der Waals surface area (Å²) < 4.78 is 87.2. The quantitative estimate of drug-likeness (QED) is 0.0797. The van der Waals surface area contributed by atoms with Gasteiger partial charge in [-0.3, -0.25) is 43.2 Å². The second-order valence-electron chi connectivity index (χ2n) is 18.1. The summed E-state index contributed by atoms with van der Waals surface area (Å²) >= 11 is 0. The first-order chi connectivity index (χ1) is 36.1. The van der Waals surface area contributed by atoms with Gasteiger partial charge in [0, 0.05) is 69.4 Å². The molecule has 0 amide bonds. The third kappa shape index (κ3) is 25.5. The van der Waals surface area contributed by atoms with Gasteiger partial charge < -0.3 is 106 Å². The Morgan fingerprint density at radius 1 is 0.375 bits per heavy atom. The Labute approximate surface area is 484 Å². The summed E-state index contributed by atoms with van der Waals surface area (Å²) in [5, 5.41) is 34.7. The Kier molecular flexibility index (Phi) is 35.3. The van der Waals surface area contributed by atoms with Gasteiger partial charge in [0.1, 0.15) is 24.4 Å². The van der Waals surface area contributed by atoms with E-state index in [0.29, 0.717) is 0 Å². The van der Waals surface area contributed by atoms with Gasteiger partial charge in [-0.2, -0.15) is 7.11 Å². The molecule has 31 nitrogen and oxygen atoms in total. The smallest absolute Gasteiger partial charge is 0.857 e. The molecular weight excluding hydrogens is 1100 g/mol. The van der Waals surface area contributed by atoms with Gasteiger partial charge in [-0.1, -0.05) is 0 Å². The van der Waals surface area contributed by atoms with Crippen molar-refractivity contribution in [2.75, 3.05) is 14.2 Å². The minimum atomic E-state index is -1.23. The monoisotopic (exact) mass is 1180 g/mol. The van der Waals surface area contributed by atoms with Gasteiger partial charge in [0.25, 0.3) is 0 Å². The fourth-order valence-electron chi connectivity index (χ4n) is 7.92. The number of hydrogen-bond acceptors (Lipinski definition) is 30. The summed E-state index contributed by atoms with van der Waals surface area (Å²) in [6.07, 6.45) is -14.2. The van der Waals surface area contributed by atoms with Crippen LogP contribution in [-0.4, -0.2) is 212 Å². The van der Waals surface area contributed by atoms with Crippen molar-refractivity contribution in [3.63, 3.8) is 0 Å². The SMILES string of the molecule is CC(=O)OC1O[C@H](C)[C@@H](OC(C)=O)[C@H]1OC(C)=O.CC(=O)OC1O[C@H](C)[C@@H](OC(C)=O)[C@H]1OC(C)=O.CC(=O)O[C@@H]1O[C@H](C)[C@@H](OC(C)=O)[C@H]1OC(C)=O.CO[C@@H]1O[C@H](C)[C@H]2OC(C)(C)O[C@@H]12.C[C@H]1OC(O)[C@H](O)[C@@H]1O.C[O-].[Na+].[OH3+]. The van der Waals surface area contributed by atoms with E-state index in [9.17, 15) is 43.2 Å². The molecular formula is C48H80NaO31+. The molecule has 6 aliphatic rings. The average molecular weight is 1180 g/mol. The van der Waals surface area contributed by atoms with Crippen LogP contribution in [0.4, 0.5) is 0 Å². The third-order valence-electron chi connectivity index (χ3n) is 10.8. The maximum Gasteiger partial charge on any atom is 1.00 e. The molecule has 0 aromatic rings. The molecule has 6 rings (SSSR count). The molecule has 20 atom stereocenters. The van der Waals surface area contributed by atoms with E-state index in [1.165, 1.54) is 62.3 Å². The number of methoxy groups -OCH3 is 1. The van der Waals surface area contributed by atoms with E-state index < -0.39 is 158 Å². The molecule has 6 aliphatic heterocycles. The van der Waals surface area contributed by atoms with Crippen molar-refractivity contribution in [1.82, 2.24) is 0 Å². The molecule has 6 heterocycles. The number of aliphatic hydroxyl groups is 3. The number of aliphatic hydroxyl groups excluding tert-OH is 3. The van der Waals surface area contributed by atoms with Crippen molar-refractivity contribution in [3.05, 3.63) is 0 Å². The Balaban J connectivity index is 0. The Hall–Kier alpha value is -4.29. The van der Waals surface area contributed by atoms with Crippen LogP contribution >= 0.6 is 0 Å². The van der Waals surface area contributed by atoms with Gasteiger partial charge >= 0.3 is 83.3 Å². The first-order valence-corrected chi connectivity index (χ1v) is 24.2. The van der Waals surface area contributed by atoms with E-state index in [1.54, 1.807) is 34.8 Å². The van der Waals surface area contributed by atoms with Crippen LogP contribution in [0.25, 0.3) is 0 Å². The molecule has 0 aromatic heterocycles. The molecule has 80 heavy (non-hydrogen) atoms. The zero-order valence-electron chi connectivity index (χ0n) is 48.5. The van der Waals surface area contributed by atoms with E-state index in [1.807, 2.05) is 20.8 Å². The van der Waals surface area contributed by atoms with Crippen LogP contribution in [0.15, 0.2) is 0 Å². The van der Waals surface area contributed by atoms with E-state index in [4.69, 9.17) is 96.2 Å². The van der Waals surface area contributed by atoms with Crippen LogP contribution in [0.3, 0.4) is 0 Å². The standard InChI is InChI=1S/3C11H16O7.C9H16O4.C5H10O4.CH3O.Na.H2O/c3*1-5-9(16-6(2)12)10(17-7(3)13)11(15-5)18-8(4)14;1-5-6-7(8(10-4)11-5)13-9(2,3)12-6;1-2-3(6)4(7)5(8)9-2;1-2;;/h3*5,9-11H,1-4H3;5-8H,1-4H3;2-8H,1H3;1H3;;1H2/q;;;;;-1;+1;/p+1/t2*5-,9-,10-,11?;5-,9-,10-,11+;5-,6-,7-,8-;2-,3-,4-,5?;;;/m11111.../s1. The number of esters is 9. The maximum absolute atomic E-state index is 11.0. The predicted octanol–water partition coefficient (Wildman–Crippen LogP) is -5.13. The summed E-state index contributed by atoms with van der Waals surface area (Å²) in [7, 11) is 2.37. The van der Waals surface area contributed by atoms with Crippen LogP contribution in [0.2, 0.25) is 0 Å². The summed E-state index contributed by atoms with van der Waals surface area (Å²) in [5.74, 6) is -5.56. The van der Waals surface area contributed by atoms with Crippen molar-refractivity contribution in [2.45, 2.75) is 240 Å². The Bertz CT molecular complexity index is 1820. The first kappa shape index (κ1) is 77.8. The van der Waals surface area contributed by atoms with E-state index in [-0.39, 0.29) is 59.6 Å². The summed E-state index contributed by atoms with van der Waals surface area (Å²) in [4.78, 5) is 98.7. The van der Waals surface area contributed by atoms with Gasteiger partial charge in [0.2, 0.25) is 37.2 Å². The molecule has 6 fully saturated rings. The predicted molar refractivity (Wildman–Crippen MR) is 256 cm³/mol. The molecule has 0 saturated carbocycles. The van der Waals surface area contributed by atoms with Gasteiger partial charge in [-0.05, 0) is 48.5 Å². The largest absolute Gasteiger partial charge is 1.00 e. The molecule has 3 unspecified atom stereocenters. The number of ether oxygens (including phenoxy) is 17. The van der Waals surface area contributed by atoms with Crippen molar-refractivity contribution >= 4 is 53.7 Å². The zero-order chi connectivity index (χ0) is 60.3. The summed E-state index contributed by atoms with van der Waals surface area (Å²) in [6.45, 7) is 23.2. The van der Waals surface area contributed by atoms with E-state index in [2.05, 4.69) is 4.74 Å². The molecule has 0 aromatic carbocycles. The van der Waals surface area contributed by atoms with Crippen LogP contribution < -0.4 is 34.7 Å². The van der Waals surface area contributed by atoms with E-state index >= 15 is 0 Å². The molecule has 0 aliphatic carbocycles. The van der Waals surface area contributed by atoms with Gasteiger partial charge in [0.05, 0.1) is 30.5 Å². The van der Waals surface area contributed by atoms with Crippen molar-refractivity contribution < 1.29 is 179 Å². The maximum atomic E-state index is 11.0. The van der Waals surface area contributed by atoms with Gasteiger partial charge in [-0.25, -0.2) is 0 Å². The number of hydrogen-bond donors (Lipinski definition) is 3. The number of carbonyl (C=O) groups excluding carboxylic acids is 9. The van der Waals surface area contributed by atoms with Gasteiger partial charge in [-0.15, -0.1) is 0 Å². The fraction of sp³-hybridized carbons (Fsp3) is 0.812. The molecule has 6 saturated heterocycles. The average Bonchev–Trinajstić information content (AvgIpc) is 4.08. The molecule has 0 bridgehead atoms. The summed E-state index contributed by atoms with van der Waals surface area (Å²) in [5.41, 5.74) is 0. The number of rotatable bonds is 10. The molecule has 0 radical (unpaired) electrons. The minimum Gasteiger partial charge on any atom is -0.857 e. The summed E-state index contributed by atoms with van der Waals surface area (Å²) in [6, 6.07) is 0. The first-order valence-electron chi connectivity index (χ1n) is 24.2. The Morgan fingerprint density at radius 3 is 0.838 bits per heavy atom. The molecule has 458 valence electrons.